The van der Waals surface area contributed by atoms with Crippen LogP contribution in [0.25, 0.3) is 0 Å². The van der Waals surface area contributed by atoms with Crippen LogP contribution in [0.1, 0.15) is 26.7 Å². The molecule has 0 spiro atoms. The van der Waals surface area contributed by atoms with Gasteiger partial charge in [-0.3, -0.25) is 9.59 Å². The molecule has 0 saturated heterocycles. The van der Waals surface area contributed by atoms with Crippen LogP contribution in [0.4, 0.5) is 4.39 Å². The highest BCUT2D eigenvalue weighted by Crippen LogP contribution is 2.26. The molecule has 5 nitrogen and oxygen atoms in total. The summed E-state index contributed by atoms with van der Waals surface area (Å²) in [4.78, 5) is 23.1. The molecule has 2 N–H and O–H groups in total. The Morgan fingerprint density at radius 3 is 2.50 bits per heavy atom. The van der Waals surface area contributed by atoms with Gasteiger partial charge in [0.05, 0.1) is 9.89 Å². The van der Waals surface area contributed by atoms with Gasteiger partial charge in [0.1, 0.15) is 11.6 Å². The Labute approximate surface area is 137 Å². The van der Waals surface area contributed by atoms with Crippen LogP contribution < -0.4 is 10.1 Å². The molecule has 0 aliphatic carbocycles. The number of ether oxygens (including phenoxy) is 1. The number of carbonyl (C=O) groups is 2. The Bertz CT molecular complexity index is 546. The summed E-state index contributed by atoms with van der Waals surface area (Å²) in [5, 5.41) is 11.9. The molecule has 0 saturated carbocycles. The molecule has 0 aromatic heterocycles. The summed E-state index contributed by atoms with van der Waals surface area (Å²) in [5.41, 5.74) is -0.966. The van der Waals surface area contributed by atoms with Crippen LogP contribution in [0.3, 0.4) is 0 Å². The summed E-state index contributed by atoms with van der Waals surface area (Å²) < 4.78 is 18.6. The lowest BCUT2D eigenvalue weighted by molar-refractivity contribution is -0.149. The smallest absolute Gasteiger partial charge is 0.311 e. The Morgan fingerprint density at radius 2 is 2.00 bits per heavy atom. The number of hydrogen-bond donors (Lipinski definition) is 2. The van der Waals surface area contributed by atoms with Crippen molar-refractivity contribution in [2.75, 3.05) is 13.2 Å². The summed E-state index contributed by atoms with van der Waals surface area (Å²) in [6.45, 7) is 3.32. The standard InChI is InChI=1S/C15H19BrFNO4/c1-3-15(4-2,14(20)21)9-18-13(19)8-22-12-6-5-10(17)7-11(12)16/h5-7H,3-4,8-9H2,1-2H3,(H,18,19)(H,20,21). The van der Waals surface area contributed by atoms with Crippen molar-refractivity contribution in [3.05, 3.63) is 28.5 Å². The normalized spacial score (nSPS) is 11.1. The van der Waals surface area contributed by atoms with E-state index >= 15 is 0 Å². The predicted octanol–water partition coefficient (Wildman–Crippen LogP) is 2.97. The van der Waals surface area contributed by atoms with Gasteiger partial charge in [-0.05, 0) is 47.0 Å². The van der Waals surface area contributed by atoms with E-state index in [2.05, 4.69) is 21.2 Å². The molecule has 0 fully saturated rings. The molecule has 0 unspecified atom stereocenters. The third-order valence-electron chi connectivity index (χ3n) is 3.68. The van der Waals surface area contributed by atoms with Gasteiger partial charge < -0.3 is 15.2 Å². The highest BCUT2D eigenvalue weighted by molar-refractivity contribution is 9.10. The summed E-state index contributed by atoms with van der Waals surface area (Å²) in [5.74, 6) is -1.43. The van der Waals surface area contributed by atoms with Crippen LogP contribution in [0, 0.1) is 11.2 Å². The maximum absolute atomic E-state index is 12.9. The molecule has 122 valence electrons. The largest absolute Gasteiger partial charge is 0.483 e. The van der Waals surface area contributed by atoms with Crippen LogP contribution in [0.5, 0.6) is 5.75 Å². The van der Waals surface area contributed by atoms with Crippen molar-refractivity contribution in [3.8, 4) is 5.75 Å². The Balaban J connectivity index is 2.54. The zero-order valence-electron chi connectivity index (χ0n) is 12.5. The van der Waals surface area contributed by atoms with Gasteiger partial charge in [-0.1, -0.05) is 13.8 Å². The molecule has 0 heterocycles. The lowest BCUT2D eigenvalue weighted by Crippen LogP contribution is -2.43. The number of benzene rings is 1. The summed E-state index contributed by atoms with van der Waals surface area (Å²) in [6.07, 6.45) is 0.840. The van der Waals surface area contributed by atoms with E-state index < -0.39 is 23.1 Å². The third kappa shape index (κ3) is 4.69. The Hall–Kier alpha value is -1.63. The number of carbonyl (C=O) groups excluding carboxylic acids is 1. The van der Waals surface area contributed by atoms with E-state index in [-0.39, 0.29) is 13.2 Å². The summed E-state index contributed by atoms with van der Waals surface area (Å²) in [6, 6.07) is 3.87. The van der Waals surface area contributed by atoms with Crippen LogP contribution in [-0.2, 0) is 9.59 Å². The lowest BCUT2D eigenvalue weighted by Gasteiger charge is -2.26. The first-order valence-corrected chi connectivity index (χ1v) is 7.72. The second-order valence-corrected chi connectivity index (χ2v) is 5.79. The molecule has 0 aliphatic rings. The van der Waals surface area contributed by atoms with Crippen molar-refractivity contribution in [1.29, 1.82) is 0 Å². The first-order chi connectivity index (χ1) is 10.3. The molecule has 0 aliphatic heterocycles. The summed E-state index contributed by atoms with van der Waals surface area (Å²) >= 11 is 3.14. The number of amides is 1. The second-order valence-electron chi connectivity index (χ2n) is 4.93. The highest BCUT2D eigenvalue weighted by Gasteiger charge is 2.35. The van der Waals surface area contributed by atoms with Gasteiger partial charge in [-0.15, -0.1) is 0 Å². The monoisotopic (exact) mass is 375 g/mol. The maximum Gasteiger partial charge on any atom is 0.311 e. The number of carboxylic acids is 1. The van der Waals surface area contributed by atoms with Gasteiger partial charge in [0.25, 0.3) is 5.91 Å². The minimum absolute atomic E-state index is 0.0438. The molecule has 1 aromatic rings. The number of nitrogens with one attached hydrogen (secondary N) is 1. The Morgan fingerprint density at radius 1 is 1.36 bits per heavy atom. The third-order valence-corrected chi connectivity index (χ3v) is 4.30. The van der Waals surface area contributed by atoms with E-state index in [4.69, 9.17) is 4.74 Å². The topological polar surface area (TPSA) is 75.6 Å². The Kier molecular flexibility index (Phi) is 6.80. The average molecular weight is 376 g/mol. The molecular weight excluding hydrogens is 357 g/mol. The summed E-state index contributed by atoms with van der Waals surface area (Å²) in [7, 11) is 0. The highest BCUT2D eigenvalue weighted by atomic mass is 79.9. The average Bonchev–Trinajstić information content (AvgIpc) is 2.47. The molecule has 1 amide bonds. The van der Waals surface area contributed by atoms with Gasteiger partial charge in [0.2, 0.25) is 0 Å². The molecule has 22 heavy (non-hydrogen) atoms. The van der Waals surface area contributed by atoms with E-state index in [0.29, 0.717) is 23.1 Å². The molecular formula is C15H19BrFNO4. The molecule has 7 heteroatoms. The van der Waals surface area contributed by atoms with Crippen LogP contribution >= 0.6 is 15.9 Å². The zero-order valence-corrected chi connectivity index (χ0v) is 14.1. The minimum atomic E-state index is -0.966. The number of rotatable bonds is 8. The van der Waals surface area contributed by atoms with Crippen molar-refractivity contribution in [1.82, 2.24) is 5.32 Å². The molecule has 0 radical (unpaired) electrons. The number of carboxylic acid groups (broad SMARTS) is 1. The quantitative estimate of drug-likeness (QED) is 0.732. The van der Waals surface area contributed by atoms with Crippen molar-refractivity contribution < 1.29 is 23.8 Å². The van der Waals surface area contributed by atoms with E-state index in [1.54, 1.807) is 13.8 Å². The van der Waals surface area contributed by atoms with E-state index in [1.165, 1.54) is 18.2 Å². The van der Waals surface area contributed by atoms with Crippen LogP contribution in [0.2, 0.25) is 0 Å². The van der Waals surface area contributed by atoms with Crippen LogP contribution in [0.15, 0.2) is 22.7 Å². The molecule has 0 bridgehead atoms. The van der Waals surface area contributed by atoms with E-state index in [0.717, 1.165) is 0 Å². The fourth-order valence-corrected chi connectivity index (χ4v) is 2.40. The first kappa shape index (κ1) is 18.4. The molecule has 1 rings (SSSR count). The predicted molar refractivity (Wildman–Crippen MR) is 83.3 cm³/mol. The first-order valence-electron chi connectivity index (χ1n) is 6.92. The van der Waals surface area contributed by atoms with Crippen molar-refractivity contribution in [3.63, 3.8) is 0 Å². The minimum Gasteiger partial charge on any atom is -0.483 e. The second kappa shape index (κ2) is 8.12. The lowest BCUT2D eigenvalue weighted by atomic mass is 9.82. The SMILES string of the molecule is CCC(CC)(CNC(=O)COc1ccc(F)cc1Br)C(=O)O. The van der Waals surface area contributed by atoms with E-state index in [9.17, 15) is 19.1 Å². The van der Waals surface area contributed by atoms with Crippen molar-refractivity contribution >= 4 is 27.8 Å². The van der Waals surface area contributed by atoms with Crippen LogP contribution in [-0.4, -0.2) is 30.1 Å². The number of aliphatic carboxylic acids is 1. The van der Waals surface area contributed by atoms with Gasteiger partial charge in [0, 0.05) is 6.54 Å². The van der Waals surface area contributed by atoms with Crippen molar-refractivity contribution in [2.24, 2.45) is 5.41 Å². The van der Waals surface area contributed by atoms with Gasteiger partial charge in [0.15, 0.2) is 6.61 Å². The van der Waals surface area contributed by atoms with Gasteiger partial charge in [-0.25, -0.2) is 4.39 Å². The van der Waals surface area contributed by atoms with Gasteiger partial charge in [-0.2, -0.15) is 0 Å². The van der Waals surface area contributed by atoms with Crippen molar-refractivity contribution in [2.45, 2.75) is 26.7 Å². The number of hydrogen-bond acceptors (Lipinski definition) is 3. The fourth-order valence-electron chi connectivity index (χ4n) is 1.93. The molecule has 1 aromatic carbocycles. The molecule has 0 atom stereocenters. The zero-order chi connectivity index (χ0) is 16.8. The maximum atomic E-state index is 12.9. The fraction of sp³-hybridized carbons (Fsp3) is 0.467. The van der Waals surface area contributed by atoms with Gasteiger partial charge >= 0.3 is 5.97 Å². The van der Waals surface area contributed by atoms with E-state index in [1.807, 2.05) is 0 Å². The number of halogens is 2.